The Labute approximate surface area is 193 Å². The van der Waals surface area contributed by atoms with Crippen LogP contribution in [0.4, 0.5) is 14.5 Å². The Bertz CT molecular complexity index is 1270. The van der Waals surface area contributed by atoms with Crippen LogP contribution < -0.4 is 5.32 Å². The van der Waals surface area contributed by atoms with Crippen LogP contribution in [0.1, 0.15) is 29.3 Å². The molecule has 0 fully saturated rings. The fourth-order valence-corrected chi connectivity index (χ4v) is 3.81. The Morgan fingerprint density at radius 2 is 1.73 bits per heavy atom. The molecule has 0 spiro atoms. The third-order valence-corrected chi connectivity index (χ3v) is 5.68. The molecule has 0 heterocycles. The van der Waals surface area contributed by atoms with E-state index in [2.05, 4.69) is 5.32 Å². The van der Waals surface area contributed by atoms with Crippen LogP contribution in [-0.4, -0.2) is 5.78 Å². The number of Topliss-reactive ketones (excluding diaryl/α,β-unsaturated/α-hetero) is 1. The van der Waals surface area contributed by atoms with Crippen LogP contribution in [0.15, 0.2) is 102 Å². The van der Waals surface area contributed by atoms with Crippen molar-refractivity contribution < 1.29 is 13.6 Å². The van der Waals surface area contributed by atoms with Crippen molar-refractivity contribution in [2.75, 3.05) is 5.32 Å². The van der Waals surface area contributed by atoms with Crippen molar-refractivity contribution in [2.24, 2.45) is 5.92 Å². The third-order valence-electron chi connectivity index (χ3n) is 5.68. The third kappa shape index (κ3) is 5.35. The molecule has 0 bridgehead atoms. The van der Waals surface area contributed by atoms with Gasteiger partial charge in [-0.15, -0.1) is 0 Å². The molecule has 1 aliphatic carbocycles. The highest BCUT2D eigenvalue weighted by Gasteiger charge is 2.16. The summed E-state index contributed by atoms with van der Waals surface area (Å²) in [6, 6.07) is 19.3. The van der Waals surface area contributed by atoms with Gasteiger partial charge < -0.3 is 5.32 Å². The summed E-state index contributed by atoms with van der Waals surface area (Å²) in [4.78, 5) is 13.5. The summed E-state index contributed by atoms with van der Waals surface area (Å²) in [7, 11) is 0. The molecule has 0 amide bonds. The quantitative estimate of drug-likeness (QED) is 0.412. The maximum atomic E-state index is 14.1. The van der Waals surface area contributed by atoms with Gasteiger partial charge in [0, 0.05) is 22.9 Å². The van der Waals surface area contributed by atoms with E-state index < -0.39 is 11.6 Å². The highest BCUT2D eigenvalue weighted by atomic mass is 19.1. The minimum Gasteiger partial charge on any atom is -0.353 e. The predicted molar refractivity (Wildman–Crippen MR) is 130 cm³/mol. The Balaban J connectivity index is 1.62. The smallest absolute Gasteiger partial charge is 0.192 e. The van der Waals surface area contributed by atoms with Gasteiger partial charge in [0.25, 0.3) is 0 Å². The minimum absolute atomic E-state index is 0.0532. The highest BCUT2D eigenvalue weighted by molar-refractivity contribution is 6.12. The Kier molecular flexibility index (Phi) is 6.64. The number of rotatable bonds is 5. The van der Waals surface area contributed by atoms with E-state index in [1.54, 1.807) is 12.2 Å². The van der Waals surface area contributed by atoms with Gasteiger partial charge in [-0.1, -0.05) is 61.5 Å². The van der Waals surface area contributed by atoms with E-state index in [9.17, 15) is 13.6 Å². The molecule has 0 radical (unpaired) electrons. The number of carbonyl (C=O) groups is 1. The molecule has 1 unspecified atom stereocenters. The molecule has 0 saturated carbocycles. The summed E-state index contributed by atoms with van der Waals surface area (Å²) in [5.41, 5.74) is 5.03. The molecule has 3 aromatic carbocycles. The van der Waals surface area contributed by atoms with E-state index >= 15 is 0 Å². The predicted octanol–water partition coefficient (Wildman–Crippen LogP) is 7.64. The molecule has 1 atom stereocenters. The summed E-state index contributed by atoms with van der Waals surface area (Å²) >= 11 is 0. The van der Waals surface area contributed by atoms with Crippen molar-refractivity contribution in [2.45, 2.75) is 20.3 Å². The first-order valence-corrected chi connectivity index (χ1v) is 10.9. The van der Waals surface area contributed by atoms with Gasteiger partial charge in [-0.2, -0.15) is 0 Å². The minimum atomic E-state index is -0.667. The van der Waals surface area contributed by atoms with Crippen LogP contribution >= 0.6 is 0 Å². The van der Waals surface area contributed by atoms with E-state index in [4.69, 9.17) is 0 Å². The van der Waals surface area contributed by atoms with Gasteiger partial charge in [0.1, 0.15) is 11.6 Å². The maximum Gasteiger partial charge on any atom is 0.192 e. The van der Waals surface area contributed by atoms with E-state index in [0.717, 1.165) is 22.8 Å². The second kappa shape index (κ2) is 9.78. The van der Waals surface area contributed by atoms with Gasteiger partial charge in [0.05, 0.1) is 5.69 Å². The van der Waals surface area contributed by atoms with Crippen LogP contribution in [0, 0.1) is 24.5 Å². The van der Waals surface area contributed by atoms with Crippen LogP contribution in [0.25, 0.3) is 11.1 Å². The second-order valence-electron chi connectivity index (χ2n) is 8.30. The number of anilines is 1. The zero-order valence-corrected chi connectivity index (χ0v) is 18.6. The highest BCUT2D eigenvalue weighted by Crippen LogP contribution is 2.26. The maximum absolute atomic E-state index is 14.1. The molecule has 0 saturated heterocycles. The Hall–Kier alpha value is -3.79. The average Bonchev–Trinajstić information content (AvgIpc) is 2.80. The fraction of sp³-hybridized carbons (Fsp3) is 0.138. The number of ketones is 1. The zero-order chi connectivity index (χ0) is 23.4. The molecular weight excluding hydrogens is 416 g/mol. The number of hydrogen-bond donors (Lipinski definition) is 1. The number of hydrogen-bond acceptors (Lipinski definition) is 2. The van der Waals surface area contributed by atoms with E-state index in [-0.39, 0.29) is 17.4 Å². The van der Waals surface area contributed by atoms with Gasteiger partial charge in [-0.3, -0.25) is 4.79 Å². The number of allylic oxidation sites excluding steroid dienone is 5. The summed E-state index contributed by atoms with van der Waals surface area (Å²) in [6.07, 6.45) is 8.11. The molecule has 166 valence electrons. The van der Waals surface area contributed by atoms with E-state index in [1.165, 1.54) is 12.1 Å². The lowest BCUT2D eigenvalue weighted by Crippen LogP contribution is -2.09. The monoisotopic (exact) mass is 441 g/mol. The number of halogens is 2. The van der Waals surface area contributed by atoms with Crippen molar-refractivity contribution in [3.63, 3.8) is 0 Å². The number of benzene rings is 3. The topological polar surface area (TPSA) is 29.1 Å². The molecule has 33 heavy (non-hydrogen) atoms. The zero-order valence-electron chi connectivity index (χ0n) is 18.6. The molecule has 0 aromatic heterocycles. The summed E-state index contributed by atoms with van der Waals surface area (Å²) < 4.78 is 27.3. The van der Waals surface area contributed by atoms with Gasteiger partial charge >= 0.3 is 0 Å². The number of aryl methyl sites for hydroxylation is 1. The van der Waals surface area contributed by atoms with Gasteiger partial charge in [0.2, 0.25) is 0 Å². The van der Waals surface area contributed by atoms with Crippen molar-refractivity contribution in [1.82, 2.24) is 0 Å². The van der Waals surface area contributed by atoms with E-state index in [1.807, 2.05) is 74.5 Å². The molecule has 3 aromatic rings. The lowest BCUT2D eigenvalue weighted by molar-refractivity contribution is 0.103. The molecule has 0 aliphatic heterocycles. The van der Waals surface area contributed by atoms with Crippen LogP contribution in [0.2, 0.25) is 0 Å². The second-order valence-corrected chi connectivity index (χ2v) is 8.30. The van der Waals surface area contributed by atoms with Gasteiger partial charge in [-0.05, 0) is 66.3 Å². The average molecular weight is 442 g/mol. The van der Waals surface area contributed by atoms with Gasteiger partial charge in [0.15, 0.2) is 5.78 Å². The first kappa shape index (κ1) is 22.4. The lowest BCUT2D eigenvalue weighted by atomic mass is 9.91. The van der Waals surface area contributed by atoms with Crippen LogP contribution in [-0.2, 0) is 0 Å². The Morgan fingerprint density at radius 1 is 0.939 bits per heavy atom. The molecule has 2 nitrogen and oxygen atoms in total. The van der Waals surface area contributed by atoms with Gasteiger partial charge in [-0.25, -0.2) is 8.78 Å². The summed E-state index contributed by atoms with van der Waals surface area (Å²) in [5, 5.41) is 3.00. The summed E-state index contributed by atoms with van der Waals surface area (Å²) in [6.45, 7) is 3.97. The van der Waals surface area contributed by atoms with Crippen molar-refractivity contribution >= 4 is 11.5 Å². The van der Waals surface area contributed by atoms with Crippen LogP contribution in [0.3, 0.4) is 0 Å². The van der Waals surface area contributed by atoms with Crippen molar-refractivity contribution in [3.05, 3.63) is 125 Å². The fourth-order valence-electron chi connectivity index (χ4n) is 3.81. The SMILES string of the molecule is Cc1ccc(-c2ccccc2)cc1C(=O)C1=C/C(C)C/C=C(Nc2ccc(F)cc2F)/C=C\1. The Morgan fingerprint density at radius 3 is 2.48 bits per heavy atom. The lowest BCUT2D eigenvalue weighted by Gasteiger charge is -2.15. The molecule has 1 N–H and O–H groups in total. The van der Waals surface area contributed by atoms with Crippen molar-refractivity contribution in [3.8, 4) is 11.1 Å². The molecular formula is C29H25F2NO. The normalized spacial score (nSPS) is 19.9. The molecule has 1 aliphatic rings. The largest absolute Gasteiger partial charge is 0.353 e. The number of nitrogens with one attached hydrogen (secondary N) is 1. The standard InChI is InChI=1S/C29H25F2NO/c1-19-8-13-25(32-28-15-12-24(30)18-27(28)31)14-11-23(16-19)29(33)26-17-22(10-9-20(26)2)21-6-4-3-5-7-21/h3-7,9-19,32H,8H2,1-2H3/b14-11-,23-16+,25-13-. The van der Waals surface area contributed by atoms with Crippen LogP contribution in [0.5, 0.6) is 0 Å². The first-order valence-electron chi connectivity index (χ1n) is 10.9. The summed E-state index contributed by atoms with van der Waals surface area (Å²) in [5.74, 6) is -1.23. The van der Waals surface area contributed by atoms with Crippen molar-refractivity contribution in [1.29, 1.82) is 0 Å². The molecule has 4 heteroatoms. The number of carbonyl (C=O) groups excluding carboxylic acids is 1. The first-order chi connectivity index (χ1) is 15.9. The van der Waals surface area contributed by atoms with E-state index in [0.29, 0.717) is 23.3 Å². The molecule has 4 rings (SSSR count).